The molecule has 2 aromatic rings. The Hall–Kier alpha value is -2.61. The number of carbonyl (C=O) groups is 2. The van der Waals surface area contributed by atoms with Gasteiger partial charge in [0.2, 0.25) is 0 Å². The topological polar surface area (TPSA) is 86.5 Å². The third-order valence-electron chi connectivity index (χ3n) is 7.29. The van der Waals surface area contributed by atoms with Crippen LogP contribution in [0.4, 0.5) is 9.18 Å². The van der Waals surface area contributed by atoms with Gasteiger partial charge >= 0.3 is 6.09 Å². The normalized spacial score (nSPS) is 26.1. The number of alkyl carbamates (subject to hydrolysis) is 1. The Morgan fingerprint density at radius 3 is 2.81 bits per heavy atom. The molecular formula is C23H29FN4O3. The van der Waals surface area contributed by atoms with E-state index in [2.05, 4.69) is 20.5 Å². The average molecular weight is 429 g/mol. The summed E-state index contributed by atoms with van der Waals surface area (Å²) < 4.78 is 19.2. The lowest BCUT2D eigenvalue weighted by Crippen LogP contribution is -2.55. The Morgan fingerprint density at radius 2 is 2.10 bits per heavy atom. The summed E-state index contributed by atoms with van der Waals surface area (Å²) in [6.45, 7) is 4.22. The van der Waals surface area contributed by atoms with Crippen molar-refractivity contribution in [2.24, 2.45) is 0 Å². The minimum absolute atomic E-state index is 0.106. The molecule has 7 nitrogen and oxygen atoms in total. The molecule has 2 saturated heterocycles. The zero-order valence-electron chi connectivity index (χ0n) is 17.8. The first-order valence-electron chi connectivity index (χ1n) is 11.2. The summed E-state index contributed by atoms with van der Waals surface area (Å²) in [5.41, 5.74) is 1.80. The molecule has 3 N–H and O–H groups in total. The van der Waals surface area contributed by atoms with Gasteiger partial charge in [-0.25, -0.2) is 9.18 Å². The highest BCUT2D eigenvalue weighted by Crippen LogP contribution is 2.31. The fourth-order valence-electron chi connectivity index (χ4n) is 5.42. The number of carbonyl (C=O) groups excluding carboxylic acids is 2. The molecule has 166 valence electrons. The molecule has 3 aliphatic rings. The van der Waals surface area contributed by atoms with Crippen LogP contribution in [0.25, 0.3) is 10.9 Å². The number of cyclic esters (lactones) is 1. The predicted octanol–water partition coefficient (Wildman–Crippen LogP) is 3.23. The molecular weight excluding hydrogens is 399 g/mol. The number of hydrogen-bond donors (Lipinski definition) is 3. The number of H-pyrrole nitrogens is 1. The molecule has 31 heavy (non-hydrogen) atoms. The minimum Gasteiger partial charge on any atom is -0.447 e. The van der Waals surface area contributed by atoms with Gasteiger partial charge in [-0.2, -0.15) is 0 Å². The number of fused-ring (bicyclic) bond motifs is 1. The van der Waals surface area contributed by atoms with Gasteiger partial charge in [0.05, 0.1) is 11.1 Å². The van der Waals surface area contributed by atoms with Gasteiger partial charge in [0.15, 0.2) is 0 Å². The Morgan fingerprint density at radius 1 is 1.29 bits per heavy atom. The number of halogens is 1. The number of aromatic amines is 1. The van der Waals surface area contributed by atoms with Gasteiger partial charge in [-0.05, 0) is 63.1 Å². The molecule has 1 spiro atoms. The SMILES string of the molecule is Cc1ccc(F)c2cc(C(=O)N[C@@H]3CCC[C@H](N4CCC5(CC4)COC(=O)N5)C3)[nH]c12. The predicted molar refractivity (Wildman–Crippen MR) is 115 cm³/mol. The number of benzene rings is 1. The molecule has 1 aliphatic carbocycles. The molecule has 3 fully saturated rings. The van der Waals surface area contributed by atoms with E-state index >= 15 is 0 Å². The quantitative estimate of drug-likeness (QED) is 0.701. The Bertz CT molecular complexity index is 973. The molecule has 2 atom stereocenters. The van der Waals surface area contributed by atoms with Crippen molar-refractivity contribution >= 4 is 22.9 Å². The zero-order chi connectivity index (χ0) is 21.6. The van der Waals surface area contributed by atoms with Crippen LogP contribution in [0, 0.1) is 12.7 Å². The van der Waals surface area contributed by atoms with Gasteiger partial charge in [0, 0.05) is 30.6 Å². The molecule has 0 unspecified atom stereocenters. The summed E-state index contributed by atoms with van der Waals surface area (Å²) in [7, 11) is 0. The molecule has 0 bridgehead atoms. The summed E-state index contributed by atoms with van der Waals surface area (Å²) in [5.74, 6) is -0.496. The summed E-state index contributed by atoms with van der Waals surface area (Å²) >= 11 is 0. The summed E-state index contributed by atoms with van der Waals surface area (Å²) in [6.07, 6.45) is 5.54. The number of amides is 2. The molecule has 3 heterocycles. The van der Waals surface area contributed by atoms with Gasteiger partial charge in [-0.1, -0.05) is 6.07 Å². The van der Waals surface area contributed by atoms with Crippen molar-refractivity contribution in [2.45, 2.75) is 63.1 Å². The molecule has 2 amide bonds. The van der Waals surface area contributed by atoms with E-state index in [9.17, 15) is 14.0 Å². The number of nitrogens with one attached hydrogen (secondary N) is 3. The van der Waals surface area contributed by atoms with Crippen LogP contribution in [0.15, 0.2) is 18.2 Å². The lowest BCUT2D eigenvalue weighted by Gasteiger charge is -2.44. The van der Waals surface area contributed by atoms with Crippen molar-refractivity contribution in [3.8, 4) is 0 Å². The van der Waals surface area contributed by atoms with Gasteiger partial charge < -0.3 is 25.3 Å². The maximum atomic E-state index is 14.1. The van der Waals surface area contributed by atoms with Gasteiger partial charge in [0.25, 0.3) is 5.91 Å². The number of rotatable bonds is 3. The molecule has 8 heteroatoms. The number of ether oxygens (including phenoxy) is 1. The van der Waals surface area contributed by atoms with Crippen LogP contribution in [0.3, 0.4) is 0 Å². The van der Waals surface area contributed by atoms with Crippen LogP contribution in [0.1, 0.15) is 54.6 Å². The maximum absolute atomic E-state index is 14.1. The van der Waals surface area contributed by atoms with Crippen molar-refractivity contribution in [1.82, 2.24) is 20.5 Å². The van der Waals surface area contributed by atoms with E-state index in [0.717, 1.165) is 57.2 Å². The zero-order valence-corrected chi connectivity index (χ0v) is 17.8. The Balaban J connectivity index is 1.20. The number of piperidine rings is 1. The van der Waals surface area contributed by atoms with Crippen molar-refractivity contribution in [2.75, 3.05) is 19.7 Å². The molecule has 2 aliphatic heterocycles. The smallest absolute Gasteiger partial charge is 0.407 e. The maximum Gasteiger partial charge on any atom is 0.407 e. The second kappa shape index (κ2) is 7.82. The molecule has 1 aromatic carbocycles. The van der Waals surface area contributed by atoms with E-state index in [0.29, 0.717) is 29.2 Å². The number of nitrogens with zero attached hydrogens (tertiary/aromatic N) is 1. The first-order chi connectivity index (χ1) is 14.9. The number of hydrogen-bond acceptors (Lipinski definition) is 4. The van der Waals surface area contributed by atoms with Gasteiger partial charge in [0.1, 0.15) is 18.1 Å². The van der Waals surface area contributed by atoms with Gasteiger partial charge in [-0.3, -0.25) is 4.79 Å². The fraction of sp³-hybridized carbons (Fsp3) is 0.565. The van der Waals surface area contributed by atoms with E-state index in [4.69, 9.17) is 4.74 Å². The summed E-state index contributed by atoms with van der Waals surface area (Å²) in [4.78, 5) is 29.9. The lowest BCUT2D eigenvalue weighted by molar-refractivity contribution is 0.0698. The van der Waals surface area contributed by atoms with Crippen LogP contribution in [0.2, 0.25) is 0 Å². The van der Waals surface area contributed by atoms with E-state index < -0.39 is 0 Å². The highest BCUT2D eigenvalue weighted by molar-refractivity contribution is 5.99. The highest BCUT2D eigenvalue weighted by Gasteiger charge is 2.43. The van der Waals surface area contributed by atoms with Crippen molar-refractivity contribution in [3.05, 3.63) is 35.3 Å². The lowest BCUT2D eigenvalue weighted by atomic mass is 9.85. The summed E-state index contributed by atoms with van der Waals surface area (Å²) in [5, 5.41) is 6.61. The first kappa shape index (κ1) is 20.3. The van der Waals surface area contributed by atoms with Crippen molar-refractivity contribution in [3.63, 3.8) is 0 Å². The van der Waals surface area contributed by atoms with E-state index in [-0.39, 0.29) is 29.4 Å². The largest absolute Gasteiger partial charge is 0.447 e. The number of aryl methyl sites for hydroxylation is 1. The van der Waals surface area contributed by atoms with Gasteiger partial charge in [-0.15, -0.1) is 0 Å². The fourth-order valence-corrected chi connectivity index (χ4v) is 5.42. The second-order valence-corrected chi connectivity index (χ2v) is 9.34. The van der Waals surface area contributed by atoms with Crippen LogP contribution in [0.5, 0.6) is 0 Å². The third kappa shape index (κ3) is 3.89. The Labute approximate surface area is 180 Å². The van der Waals surface area contributed by atoms with Crippen molar-refractivity contribution in [1.29, 1.82) is 0 Å². The second-order valence-electron chi connectivity index (χ2n) is 9.34. The number of likely N-dealkylation sites (tertiary alicyclic amines) is 1. The Kier molecular flexibility index (Phi) is 5.12. The standard InChI is InChI=1S/C23H29FN4O3/c1-14-5-6-18(24)17-12-19(26-20(14)17)21(29)25-15-3-2-4-16(11-15)28-9-7-23(8-10-28)13-31-22(30)27-23/h5-6,12,15-16,26H,2-4,7-11,13H2,1H3,(H,25,29)(H,27,30)/t15-,16+/m1/s1. The average Bonchev–Trinajstić information content (AvgIpc) is 3.37. The van der Waals surface area contributed by atoms with Crippen LogP contribution in [-0.2, 0) is 4.74 Å². The van der Waals surface area contributed by atoms with Crippen molar-refractivity contribution < 1.29 is 18.7 Å². The van der Waals surface area contributed by atoms with Crippen LogP contribution < -0.4 is 10.6 Å². The van der Waals surface area contributed by atoms with E-state index in [1.165, 1.54) is 6.07 Å². The van der Waals surface area contributed by atoms with E-state index in [1.54, 1.807) is 12.1 Å². The first-order valence-corrected chi connectivity index (χ1v) is 11.2. The van der Waals surface area contributed by atoms with Crippen LogP contribution in [-0.4, -0.2) is 59.2 Å². The molecule has 0 radical (unpaired) electrons. The number of aromatic nitrogens is 1. The van der Waals surface area contributed by atoms with Crippen LogP contribution >= 0.6 is 0 Å². The minimum atomic E-state index is -0.319. The van der Waals surface area contributed by atoms with E-state index in [1.807, 2.05) is 6.92 Å². The summed E-state index contributed by atoms with van der Waals surface area (Å²) in [6, 6.07) is 5.29. The monoisotopic (exact) mass is 428 g/mol. The highest BCUT2D eigenvalue weighted by atomic mass is 19.1. The molecule has 1 aromatic heterocycles. The third-order valence-corrected chi connectivity index (χ3v) is 7.29. The molecule has 5 rings (SSSR count). The molecule has 1 saturated carbocycles.